The van der Waals surface area contributed by atoms with Gasteiger partial charge in [0.15, 0.2) is 6.19 Å². The van der Waals surface area contributed by atoms with Gasteiger partial charge in [0, 0.05) is 32.2 Å². The summed E-state index contributed by atoms with van der Waals surface area (Å²) in [6.07, 6.45) is 4.04. The third-order valence-electron chi connectivity index (χ3n) is 3.56. The van der Waals surface area contributed by atoms with Gasteiger partial charge in [-0.25, -0.2) is 4.79 Å². The molecule has 1 amide bonds. The Labute approximate surface area is 128 Å². The molecule has 0 aromatic rings. The van der Waals surface area contributed by atoms with Gasteiger partial charge in [-0.05, 0) is 47.1 Å². The number of likely N-dealkylation sites (N-methyl/N-ethyl adjacent to an activating group) is 1. The van der Waals surface area contributed by atoms with Crippen LogP contribution in [0.5, 0.6) is 0 Å². The summed E-state index contributed by atoms with van der Waals surface area (Å²) in [7, 11) is 0. The smallest absolute Gasteiger partial charge is 0.407 e. The SMILES string of the molecule is CCN(C#N)CCN1CCCC1CNC(=O)OC(C)(C)C. The molecule has 1 heterocycles. The zero-order valence-corrected chi connectivity index (χ0v) is 13.7. The quantitative estimate of drug-likeness (QED) is 0.598. The molecule has 6 nitrogen and oxygen atoms in total. The van der Waals surface area contributed by atoms with Crippen LogP contribution < -0.4 is 5.32 Å². The molecule has 0 spiro atoms. The van der Waals surface area contributed by atoms with E-state index in [2.05, 4.69) is 16.4 Å². The fourth-order valence-electron chi connectivity index (χ4n) is 2.46. The first kappa shape index (κ1) is 17.6. The molecule has 21 heavy (non-hydrogen) atoms. The number of carbonyl (C=O) groups is 1. The van der Waals surface area contributed by atoms with Crippen LogP contribution in [0.25, 0.3) is 0 Å². The fourth-order valence-corrected chi connectivity index (χ4v) is 2.46. The van der Waals surface area contributed by atoms with Gasteiger partial charge in [0.1, 0.15) is 5.60 Å². The van der Waals surface area contributed by atoms with Crippen molar-refractivity contribution in [3.63, 3.8) is 0 Å². The molecule has 1 rings (SSSR count). The van der Waals surface area contributed by atoms with Crippen LogP contribution in [0.15, 0.2) is 0 Å². The largest absolute Gasteiger partial charge is 0.444 e. The molecule has 1 N–H and O–H groups in total. The van der Waals surface area contributed by atoms with Gasteiger partial charge >= 0.3 is 6.09 Å². The topological polar surface area (TPSA) is 68.6 Å². The molecule has 0 aromatic heterocycles. The van der Waals surface area contributed by atoms with Gasteiger partial charge in [0.05, 0.1) is 0 Å². The second-order valence-corrected chi connectivity index (χ2v) is 6.39. The lowest BCUT2D eigenvalue weighted by Gasteiger charge is -2.27. The number of nitriles is 1. The summed E-state index contributed by atoms with van der Waals surface area (Å²) in [6, 6.07) is 0.343. The molecule has 1 saturated heterocycles. The van der Waals surface area contributed by atoms with Crippen LogP contribution in [0.2, 0.25) is 0 Å². The Hall–Kier alpha value is -1.48. The van der Waals surface area contributed by atoms with Crippen molar-refractivity contribution >= 4 is 6.09 Å². The van der Waals surface area contributed by atoms with Crippen molar-refractivity contribution in [3.05, 3.63) is 0 Å². The van der Waals surface area contributed by atoms with Gasteiger partial charge in [-0.15, -0.1) is 0 Å². The second kappa shape index (κ2) is 8.08. The van der Waals surface area contributed by atoms with Crippen molar-refractivity contribution in [2.45, 2.75) is 52.2 Å². The monoisotopic (exact) mass is 296 g/mol. The summed E-state index contributed by atoms with van der Waals surface area (Å²) in [5.41, 5.74) is -0.464. The van der Waals surface area contributed by atoms with Crippen molar-refractivity contribution in [1.82, 2.24) is 15.1 Å². The average Bonchev–Trinajstić information content (AvgIpc) is 2.83. The molecule has 120 valence electrons. The van der Waals surface area contributed by atoms with Crippen molar-refractivity contribution in [2.24, 2.45) is 0 Å². The minimum absolute atomic E-state index is 0.343. The van der Waals surface area contributed by atoms with Gasteiger partial charge in [0.25, 0.3) is 0 Å². The van der Waals surface area contributed by atoms with Crippen molar-refractivity contribution in [1.29, 1.82) is 5.26 Å². The Morgan fingerprint density at radius 2 is 2.24 bits per heavy atom. The zero-order valence-electron chi connectivity index (χ0n) is 13.7. The predicted octanol–water partition coefficient (Wildman–Crippen LogP) is 1.78. The predicted molar refractivity (Wildman–Crippen MR) is 81.7 cm³/mol. The van der Waals surface area contributed by atoms with Crippen LogP contribution in [-0.4, -0.2) is 60.3 Å². The summed E-state index contributed by atoms with van der Waals surface area (Å²) < 4.78 is 5.25. The minimum atomic E-state index is -0.464. The summed E-state index contributed by atoms with van der Waals surface area (Å²) in [5, 5.41) is 11.8. The number of nitrogens with one attached hydrogen (secondary N) is 1. The fraction of sp³-hybridized carbons (Fsp3) is 0.867. The number of alkyl carbamates (subject to hydrolysis) is 1. The Morgan fingerprint density at radius 1 is 1.52 bits per heavy atom. The molecular formula is C15H28N4O2. The standard InChI is InChI=1S/C15H28N4O2/c1-5-18(12-16)9-10-19-8-6-7-13(19)11-17-14(20)21-15(2,3)4/h13H,5-11H2,1-4H3,(H,17,20). The number of hydrogen-bond donors (Lipinski definition) is 1. The van der Waals surface area contributed by atoms with E-state index in [1.54, 1.807) is 4.90 Å². The molecule has 1 aliphatic heterocycles. The molecule has 1 aliphatic rings. The van der Waals surface area contributed by atoms with Crippen LogP contribution in [0, 0.1) is 11.5 Å². The first-order valence-electron chi connectivity index (χ1n) is 7.71. The number of amides is 1. The number of hydrogen-bond acceptors (Lipinski definition) is 5. The van der Waals surface area contributed by atoms with E-state index in [-0.39, 0.29) is 6.09 Å². The summed E-state index contributed by atoms with van der Waals surface area (Å²) in [5.74, 6) is 0. The zero-order chi connectivity index (χ0) is 15.9. The number of nitrogens with zero attached hydrogens (tertiary/aromatic N) is 3. The number of ether oxygens (including phenoxy) is 1. The van der Waals surface area contributed by atoms with Crippen LogP contribution >= 0.6 is 0 Å². The van der Waals surface area contributed by atoms with Crippen molar-refractivity contribution in [3.8, 4) is 6.19 Å². The Balaban J connectivity index is 2.33. The van der Waals surface area contributed by atoms with Gasteiger partial charge < -0.3 is 15.0 Å². The maximum atomic E-state index is 11.7. The van der Waals surface area contributed by atoms with E-state index in [0.717, 1.165) is 39.0 Å². The lowest BCUT2D eigenvalue weighted by atomic mass is 10.2. The third-order valence-corrected chi connectivity index (χ3v) is 3.56. The Morgan fingerprint density at radius 3 is 2.81 bits per heavy atom. The van der Waals surface area contributed by atoms with Crippen LogP contribution in [-0.2, 0) is 4.74 Å². The van der Waals surface area contributed by atoms with Crippen LogP contribution in [0.1, 0.15) is 40.5 Å². The lowest BCUT2D eigenvalue weighted by molar-refractivity contribution is 0.0513. The highest BCUT2D eigenvalue weighted by molar-refractivity contribution is 5.67. The van der Waals surface area contributed by atoms with Crippen molar-refractivity contribution < 1.29 is 9.53 Å². The third kappa shape index (κ3) is 6.67. The van der Waals surface area contributed by atoms with Crippen LogP contribution in [0.3, 0.4) is 0 Å². The van der Waals surface area contributed by atoms with E-state index in [4.69, 9.17) is 10.00 Å². The highest BCUT2D eigenvalue weighted by atomic mass is 16.6. The van der Waals surface area contributed by atoms with Crippen molar-refractivity contribution in [2.75, 3.05) is 32.7 Å². The van der Waals surface area contributed by atoms with Gasteiger partial charge in [-0.2, -0.15) is 5.26 Å². The molecule has 0 aromatic carbocycles. The number of carbonyl (C=O) groups excluding carboxylic acids is 1. The molecular weight excluding hydrogens is 268 g/mol. The molecule has 1 atom stereocenters. The van der Waals surface area contributed by atoms with E-state index in [1.807, 2.05) is 27.7 Å². The molecule has 6 heteroatoms. The Bertz CT molecular complexity index is 373. The molecule has 1 unspecified atom stereocenters. The van der Waals surface area contributed by atoms with E-state index in [9.17, 15) is 4.79 Å². The average molecular weight is 296 g/mol. The highest BCUT2D eigenvalue weighted by Crippen LogP contribution is 2.16. The molecule has 0 bridgehead atoms. The molecule has 0 saturated carbocycles. The van der Waals surface area contributed by atoms with E-state index < -0.39 is 5.60 Å². The second-order valence-electron chi connectivity index (χ2n) is 6.39. The first-order valence-corrected chi connectivity index (χ1v) is 7.71. The van der Waals surface area contributed by atoms with Gasteiger partial charge in [-0.1, -0.05) is 0 Å². The lowest BCUT2D eigenvalue weighted by Crippen LogP contribution is -2.44. The molecule has 1 fully saturated rings. The number of likely N-dealkylation sites (tertiary alicyclic amines) is 1. The van der Waals surface area contributed by atoms with Gasteiger partial charge in [0.2, 0.25) is 0 Å². The van der Waals surface area contributed by atoms with Gasteiger partial charge in [-0.3, -0.25) is 4.90 Å². The summed E-state index contributed by atoms with van der Waals surface area (Å²) >= 11 is 0. The normalized spacial score (nSPS) is 19.1. The number of rotatable bonds is 6. The van der Waals surface area contributed by atoms with Crippen LogP contribution in [0.4, 0.5) is 4.79 Å². The maximum absolute atomic E-state index is 11.7. The van der Waals surface area contributed by atoms with E-state index >= 15 is 0 Å². The first-order chi connectivity index (χ1) is 9.85. The molecule has 0 aliphatic carbocycles. The van der Waals surface area contributed by atoms with E-state index in [0.29, 0.717) is 12.6 Å². The maximum Gasteiger partial charge on any atom is 0.407 e. The molecule has 0 radical (unpaired) electrons. The van der Waals surface area contributed by atoms with E-state index in [1.165, 1.54) is 0 Å². The summed E-state index contributed by atoms with van der Waals surface area (Å²) in [4.78, 5) is 15.8. The highest BCUT2D eigenvalue weighted by Gasteiger charge is 2.25. The Kier molecular flexibility index (Phi) is 6.76. The summed E-state index contributed by atoms with van der Waals surface area (Å²) in [6.45, 7) is 11.5. The minimum Gasteiger partial charge on any atom is -0.444 e.